The molecule has 54 valence electrons. The number of halogens is 2. The highest BCUT2D eigenvalue weighted by Gasteiger charge is 2.19. The van der Waals surface area contributed by atoms with Gasteiger partial charge in [-0.15, -0.1) is 0 Å². The molecule has 3 heteroatoms. The van der Waals surface area contributed by atoms with Crippen LogP contribution >= 0.6 is 0 Å². The van der Waals surface area contributed by atoms with Crippen molar-refractivity contribution in [2.45, 2.75) is 37.3 Å². The number of hydrogen-bond acceptors (Lipinski definition) is 0. The molecule has 0 saturated heterocycles. The first-order chi connectivity index (χ1) is 4.29. The van der Waals surface area contributed by atoms with E-state index in [9.17, 15) is 8.78 Å². The van der Waals surface area contributed by atoms with Gasteiger partial charge in [-0.25, -0.2) is 8.78 Å². The Bertz CT molecular complexity index is 79.1. The Morgan fingerprint density at radius 3 is 2.22 bits per heavy atom. The molecular formula is C6H12F2Si. The minimum Gasteiger partial charge on any atom is -0.216 e. The predicted octanol–water partition coefficient (Wildman–Crippen LogP) is 1.74. The lowest BCUT2D eigenvalue weighted by molar-refractivity contribution is 0.235. The molecule has 0 radical (unpaired) electrons. The van der Waals surface area contributed by atoms with Crippen molar-refractivity contribution in [3.63, 3.8) is 0 Å². The average Bonchev–Trinajstić information content (AvgIpc) is 2.15. The Kier molecular flexibility index (Phi) is 2.63. The van der Waals surface area contributed by atoms with Gasteiger partial charge in [0.1, 0.15) is 9.52 Å². The van der Waals surface area contributed by atoms with Gasteiger partial charge in [-0.2, -0.15) is 0 Å². The first-order valence-corrected chi connectivity index (χ1v) is 5.20. The molecule has 0 unspecified atom stereocenters. The molecule has 0 aliphatic heterocycles. The molecule has 0 nitrogen and oxygen atoms in total. The molecule has 0 aromatic rings. The lowest BCUT2D eigenvalue weighted by Crippen LogP contribution is -2.09. The zero-order valence-electron chi connectivity index (χ0n) is 5.45. The van der Waals surface area contributed by atoms with Crippen LogP contribution in [0.5, 0.6) is 0 Å². The molecule has 9 heavy (non-hydrogen) atoms. The second-order valence-corrected chi connectivity index (χ2v) is 5.02. The van der Waals surface area contributed by atoms with E-state index in [1.54, 1.807) is 0 Å². The summed E-state index contributed by atoms with van der Waals surface area (Å²) in [6.07, 6.45) is 4.59. The molecule has 0 amide bonds. The molecule has 0 N–H and O–H groups in total. The largest absolute Gasteiger partial charge is 0.216 e. The standard InChI is InChI=1S/C6H12F2Si/c7-6(8)9-5-3-1-2-4-5/h5-6H,1-4,9H2. The summed E-state index contributed by atoms with van der Waals surface area (Å²) in [6.45, 7) is 0. The number of alkyl halides is 2. The van der Waals surface area contributed by atoms with Crippen molar-refractivity contribution in [2.24, 2.45) is 0 Å². The van der Waals surface area contributed by atoms with Gasteiger partial charge >= 0.3 is 0 Å². The van der Waals surface area contributed by atoms with E-state index >= 15 is 0 Å². The van der Waals surface area contributed by atoms with Crippen molar-refractivity contribution in [1.82, 2.24) is 0 Å². The van der Waals surface area contributed by atoms with E-state index in [2.05, 4.69) is 0 Å². The van der Waals surface area contributed by atoms with Gasteiger partial charge in [-0.3, -0.25) is 0 Å². The number of rotatable bonds is 2. The van der Waals surface area contributed by atoms with Crippen LogP contribution in [0, 0.1) is 0 Å². The summed E-state index contributed by atoms with van der Waals surface area (Å²) in [5.41, 5.74) is 0.477. The highest BCUT2D eigenvalue weighted by Crippen LogP contribution is 2.30. The van der Waals surface area contributed by atoms with Gasteiger partial charge in [-0.1, -0.05) is 25.7 Å². The van der Waals surface area contributed by atoms with Crippen molar-refractivity contribution in [3.8, 4) is 0 Å². The van der Waals surface area contributed by atoms with Crippen LogP contribution in [0.15, 0.2) is 0 Å². The topological polar surface area (TPSA) is 0 Å². The van der Waals surface area contributed by atoms with Gasteiger partial charge in [0.2, 0.25) is 6.05 Å². The van der Waals surface area contributed by atoms with Gasteiger partial charge < -0.3 is 0 Å². The minimum absolute atomic E-state index is 0.477. The monoisotopic (exact) mass is 150 g/mol. The molecule has 1 saturated carbocycles. The summed E-state index contributed by atoms with van der Waals surface area (Å²) in [4.78, 5) is 0. The van der Waals surface area contributed by atoms with E-state index in [4.69, 9.17) is 0 Å². The zero-order valence-corrected chi connectivity index (χ0v) is 6.86. The first-order valence-electron chi connectivity index (χ1n) is 3.57. The zero-order chi connectivity index (χ0) is 6.69. The second-order valence-electron chi connectivity index (χ2n) is 2.78. The lowest BCUT2D eigenvalue weighted by Gasteiger charge is -2.04. The second kappa shape index (κ2) is 3.30. The minimum atomic E-state index is -1.94. The van der Waals surface area contributed by atoms with E-state index in [1.165, 1.54) is 12.8 Å². The Hall–Kier alpha value is 0.0769. The summed E-state index contributed by atoms with van der Waals surface area (Å²) >= 11 is 0. The van der Waals surface area contributed by atoms with Gasteiger partial charge in [-0.05, 0) is 5.54 Å². The maximum absolute atomic E-state index is 11.7. The fraction of sp³-hybridized carbons (Fsp3) is 1.00. The Labute approximate surface area is 56.5 Å². The molecule has 0 spiro atoms. The molecule has 0 atom stereocenters. The third-order valence-electron chi connectivity index (χ3n) is 1.99. The average molecular weight is 150 g/mol. The van der Waals surface area contributed by atoms with Crippen LogP contribution in [-0.4, -0.2) is 15.6 Å². The van der Waals surface area contributed by atoms with Crippen LogP contribution < -0.4 is 0 Å². The van der Waals surface area contributed by atoms with Gasteiger partial charge in [0.15, 0.2) is 0 Å². The van der Waals surface area contributed by atoms with Gasteiger partial charge in [0.25, 0.3) is 0 Å². The first kappa shape index (κ1) is 7.19. The van der Waals surface area contributed by atoms with E-state index in [0.29, 0.717) is 5.54 Å². The molecule has 0 aromatic carbocycles. The van der Waals surface area contributed by atoms with Crippen molar-refractivity contribution in [1.29, 1.82) is 0 Å². The fourth-order valence-electron chi connectivity index (χ4n) is 1.50. The Morgan fingerprint density at radius 2 is 1.78 bits per heavy atom. The van der Waals surface area contributed by atoms with Crippen LogP contribution in [-0.2, 0) is 0 Å². The summed E-state index contributed by atoms with van der Waals surface area (Å²) in [5.74, 6) is 0. The van der Waals surface area contributed by atoms with E-state index in [1.807, 2.05) is 0 Å². The summed E-state index contributed by atoms with van der Waals surface area (Å²) in [7, 11) is -1.01. The molecular weight excluding hydrogens is 138 g/mol. The molecule has 0 aromatic heterocycles. The van der Waals surface area contributed by atoms with Crippen LogP contribution in [0.2, 0.25) is 5.54 Å². The van der Waals surface area contributed by atoms with Crippen molar-refractivity contribution in [3.05, 3.63) is 0 Å². The van der Waals surface area contributed by atoms with E-state index in [0.717, 1.165) is 12.8 Å². The van der Waals surface area contributed by atoms with Crippen molar-refractivity contribution < 1.29 is 8.78 Å². The highest BCUT2D eigenvalue weighted by molar-refractivity contribution is 6.38. The van der Waals surface area contributed by atoms with Crippen molar-refractivity contribution in [2.75, 3.05) is 0 Å². The van der Waals surface area contributed by atoms with Crippen LogP contribution in [0.3, 0.4) is 0 Å². The summed E-state index contributed by atoms with van der Waals surface area (Å²) in [5, 5.41) is 0. The predicted molar refractivity (Wildman–Crippen MR) is 36.8 cm³/mol. The normalized spacial score (nSPS) is 23.0. The van der Waals surface area contributed by atoms with E-state index in [-0.39, 0.29) is 0 Å². The molecule has 0 heterocycles. The Morgan fingerprint density at radius 1 is 1.22 bits per heavy atom. The fourth-order valence-corrected chi connectivity index (χ4v) is 3.05. The van der Waals surface area contributed by atoms with Crippen LogP contribution in [0.4, 0.5) is 8.78 Å². The molecule has 1 aliphatic carbocycles. The van der Waals surface area contributed by atoms with E-state index < -0.39 is 15.6 Å². The molecule has 1 fully saturated rings. The maximum atomic E-state index is 11.7. The van der Waals surface area contributed by atoms with Crippen LogP contribution in [0.1, 0.15) is 25.7 Å². The quantitative estimate of drug-likeness (QED) is 0.526. The highest BCUT2D eigenvalue weighted by atomic mass is 28.2. The van der Waals surface area contributed by atoms with Gasteiger partial charge in [0, 0.05) is 0 Å². The molecule has 1 aliphatic rings. The summed E-state index contributed by atoms with van der Waals surface area (Å²) < 4.78 is 23.5. The number of hydrogen-bond donors (Lipinski definition) is 0. The summed E-state index contributed by atoms with van der Waals surface area (Å²) in [6, 6.07) is -1.94. The van der Waals surface area contributed by atoms with Crippen LogP contribution in [0.25, 0.3) is 0 Å². The third kappa shape index (κ3) is 2.43. The smallest absolute Gasteiger partial charge is 0.214 e. The lowest BCUT2D eigenvalue weighted by atomic mass is 10.4. The maximum Gasteiger partial charge on any atom is 0.214 e. The van der Waals surface area contributed by atoms with Crippen molar-refractivity contribution >= 4 is 9.52 Å². The third-order valence-corrected chi connectivity index (χ3v) is 3.83. The molecule has 0 bridgehead atoms. The Balaban J connectivity index is 2.11. The SMILES string of the molecule is FC(F)[SiH2]C1CCCC1. The molecule has 1 rings (SSSR count). The van der Waals surface area contributed by atoms with Gasteiger partial charge in [0.05, 0.1) is 0 Å².